The van der Waals surface area contributed by atoms with E-state index in [0.717, 1.165) is 10.0 Å². The van der Waals surface area contributed by atoms with Crippen LogP contribution in [0.25, 0.3) is 11.4 Å². The maximum atomic E-state index is 5.94. The van der Waals surface area contributed by atoms with Crippen molar-refractivity contribution in [2.24, 2.45) is 0 Å². The molecule has 2 rings (SSSR count). The van der Waals surface area contributed by atoms with Gasteiger partial charge in [-0.15, -0.1) is 0 Å². The molecule has 96 valence electrons. The van der Waals surface area contributed by atoms with Gasteiger partial charge >= 0.3 is 0 Å². The van der Waals surface area contributed by atoms with Gasteiger partial charge in [0, 0.05) is 16.1 Å². The Balaban J connectivity index is 2.16. The van der Waals surface area contributed by atoms with Crippen molar-refractivity contribution in [3.8, 4) is 11.4 Å². The zero-order chi connectivity index (χ0) is 13.1. The molecule has 0 atom stereocenters. The molecule has 0 amide bonds. The van der Waals surface area contributed by atoms with Gasteiger partial charge in [0.2, 0.25) is 11.7 Å². The average molecular weight is 331 g/mol. The first-order valence-corrected chi connectivity index (χ1v) is 6.74. The predicted octanol–water partition coefficient (Wildman–Crippen LogP) is 3.65. The molecule has 6 heteroatoms. The van der Waals surface area contributed by atoms with Crippen LogP contribution in [-0.4, -0.2) is 16.2 Å². The highest BCUT2D eigenvalue weighted by Gasteiger charge is 2.10. The zero-order valence-electron chi connectivity index (χ0n) is 10.1. The molecule has 0 radical (unpaired) electrons. The van der Waals surface area contributed by atoms with Crippen LogP contribution in [0.1, 0.15) is 19.7 Å². The smallest absolute Gasteiger partial charge is 0.240 e. The summed E-state index contributed by atoms with van der Waals surface area (Å²) in [7, 11) is 0. The van der Waals surface area contributed by atoms with Gasteiger partial charge in [0.1, 0.15) is 0 Å². The molecule has 0 aliphatic carbocycles. The number of hydrogen-bond donors (Lipinski definition) is 1. The van der Waals surface area contributed by atoms with Crippen molar-refractivity contribution in [3.05, 3.63) is 33.6 Å². The number of aromatic nitrogens is 2. The van der Waals surface area contributed by atoms with Gasteiger partial charge in [-0.3, -0.25) is 0 Å². The Kier molecular flexibility index (Phi) is 4.37. The van der Waals surface area contributed by atoms with Crippen molar-refractivity contribution in [2.45, 2.75) is 26.4 Å². The molecule has 1 heterocycles. The Hall–Kier alpha value is -0.910. The van der Waals surface area contributed by atoms with Gasteiger partial charge in [0.15, 0.2) is 0 Å². The van der Waals surface area contributed by atoms with Crippen LogP contribution in [0.2, 0.25) is 5.02 Å². The van der Waals surface area contributed by atoms with Crippen LogP contribution >= 0.6 is 27.5 Å². The second kappa shape index (κ2) is 5.82. The summed E-state index contributed by atoms with van der Waals surface area (Å²) in [6.45, 7) is 4.70. The lowest BCUT2D eigenvalue weighted by molar-refractivity contribution is 0.362. The molecule has 0 saturated heterocycles. The molecule has 0 fully saturated rings. The first-order valence-electron chi connectivity index (χ1n) is 5.57. The van der Waals surface area contributed by atoms with Crippen molar-refractivity contribution in [1.29, 1.82) is 0 Å². The van der Waals surface area contributed by atoms with Crippen molar-refractivity contribution in [1.82, 2.24) is 15.5 Å². The van der Waals surface area contributed by atoms with Gasteiger partial charge in [-0.25, -0.2) is 0 Å². The Morgan fingerprint density at radius 3 is 2.89 bits per heavy atom. The van der Waals surface area contributed by atoms with Crippen molar-refractivity contribution in [2.75, 3.05) is 0 Å². The monoisotopic (exact) mass is 329 g/mol. The summed E-state index contributed by atoms with van der Waals surface area (Å²) < 4.78 is 5.98. The summed E-state index contributed by atoms with van der Waals surface area (Å²) in [5.74, 6) is 1.14. The fourth-order valence-corrected chi connectivity index (χ4v) is 1.87. The minimum absolute atomic E-state index is 0.380. The first kappa shape index (κ1) is 13.5. The number of hydrogen-bond acceptors (Lipinski definition) is 4. The number of rotatable bonds is 4. The minimum Gasteiger partial charge on any atom is -0.338 e. The summed E-state index contributed by atoms with van der Waals surface area (Å²) in [6.07, 6.45) is 0. The third-order valence-electron chi connectivity index (χ3n) is 2.31. The van der Waals surface area contributed by atoms with Gasteiger partial charge in [0.25, 0.3) is 0 Å². The molecule has 0 spiro atoms. The Labute approximate surface area is 119 Å². The molecule has 1 aromatic heterocycles. The normalized spacial score (nSPS) is 11.2. The van der Waals surface area contributed by atoms with E-state index in [4.69, 9.17) is 16.1 Å². The molecule has 4 nitrogen and oxygen atoms in total. The summed E-state index contributed by atoms with van der Waals surface area (Å²) in [5, 5.41) is 7.82. The topological polar surface area (TPSA) is 51.0 Å². The molecule has 0 unspecified atom stereocenters. The Bertz CT molecular complexity index is 542. The standard InChI is InChI=1S/C12H13BrClN3O/c1-7(2)15-6-11-16-12(17-18-11)8-3-4-10(14)9(13)5-8/h3-5,7,15H,6H2,1-2H3. The molecule has 1 aromatic carbocycles. The largest absolute Gasteiger partial charge is 0.338 e. The van der Waals surface area contributed by atoms with Gasteiger partial charge in [-0.05, 0) is 34.1 Å². The van der Waals surface area contributed by atoms with Crippen LogP contribution < -0.4 is 5.32 Å². The molecule has 0 bridgehead atoms. The van der Waals surface area contributed by atoms with Crippen LogP contribution in [0.4, 0.5) is 0 Å². The van der Waals surface area contributed by atoms with E-state index in [1.165, 1.54) is 0 Å². The molecule has 0 aliphatic rings. The highest BCUT2D eigenvalue weighted by Crippen LogP contribution is 2.27. The van der Waals surface area contributed by atoms with Crippen LogP contribution in [0.15, 0.2) is 27.2 Å². The quantitative estimate of drug-likeness (QED) is 0.929. The van der Waals surface area contributed by atoms with Crippen molar-refractivity contribution >= 4 is 27.5 Å². The van der Waals surface area contributed by atoms with Gasteiger partial charge in [-0.2, -0.15) is 4.98 Å². The van der Waals surface area contributed by atoms with Crippen molar-refractivity contribution < 1.29 is 4.52 Å². The molecule has 1 N–H and O–H groups in total. The third kappa shape index (κ3) is 3.31. The van der Waals surface area contributed by atoms with E-state index in [1.807, 2.05) is 12.1 Å². The van der Waals surface area contributed by atoms with Gasteiger partial charge in [-0.1, -0.05) is 30.6 Å². The summed E-state index contributed by atoms with van der Waals surface area (Å²) in [5.41, 5.74) is 0.867. The zero-order valence-corrected chi connectivity index (χ0v) is 12.4. The van der Waals surface area contributed by atoms with E-state index in [2.05, 4.69) is 45.2 Å². The SMILES string of the molecule is CC(C)NCc1nc(-c2ccc(Cl)c(Br)c2)no1. The fraction of sp³-hybridized carbons (Fsp3) is 0.333. The lowest BCUT2D eigenvalue weighted by Gasteiger charge is -2.03. The molecule has 0 aliphatic heterocycles. The minimum atomic E-state index is 0.380. The highest BCUT2D eigenvalue weighted by atomic mass is 79.9. The second-order valence-electron chi connectivity index (χ2n) is 4.18. The van der Waals surface area contributed by atoms with E-state index in [9.17, 15) is 0 Å². The van der Waals surface area contributed by atoms with Crippen LogP contribution in [0.5, 0.6) is 0 Å². The van der Waals surface area contributed by atoms with E-state index in [-0.39, 0.29) is 0 Å². The van der Waals surface area contributed by atoms with E-state index in [1.54, 1.807) is 6.07 Å². The van der Waals surface area contributed by atoms with Crippen LogP contribution in [0, 0.1) is 0 Å². The van der Waals surface area contributed by atoms with E-state index in [0.29, 0.717) is 29.3 Å². The molecule has 2 aromatic rings. The molecule has 0 saturated carbocycles. The number of halogens is 2. The van der Waals surface area contributed by atoms with Gasteiger partial charge < -0.3 is 9.84 Å². The molecular formula is C12H13BrClN3O. The number of nitrogens with one attached hydrogen (secondary N) is 1. The number of benzene rings is 1. The van der Waals surface area contributed by atoms with E-state index < -0.39 is 0 Å². The predicted molar refractivity (Wildman–Crippen MR) is 74.4 cm³/mol. The maximum absolute atomic E-state index is 5.94. The Morgan fingerprint density at radius 1 is 1.44 bits per heavy atom. The fourth-order valence-electron chi connectivity index (χ4n) is 1.37. The van der Waals surface area contributed by atoms with Crippen LogP contribution in [-0.2, 0) is 6.54 Å². The summed E-state index contributed by atoms with van der Waals surface area (Å²) in [6, 6.07) is 5.90. The molecule has 18 heavy (non-hydrogen) atoms. The highest BCUT2D eigenvalue weighted by molar-refractivity contribution is 9.10. The second-order valence-corrected chi connectivity index (χ2v) is 5.44. The molecular weight excluding hydrogens is 318 g/mol. The van der Waals surface area contributed by atoms with Crippen LogP contribution in [0.3, 0.4) is 0 Å². The maximum Gasteiger partial charge on any atom is 0.240 e. The lowest BCUT2D eigenvalue weighted by atomic mass is 10.2. The number of nitrogens with zero attached hydrogens (tertiary/aromatic N) is 2. The third-order valence-corrected chi connectivity index (χ3v) is 3.52. The summed E-state index contributed by atoms with van der Waals surface area (Å²) >= 11 is 9.31. The Morgan fingerprint density at radius 2 is 2.22 bits per heavy atom. The van der Waals surface area contributed by atoms with E-state index >= 15 is 0 Å². The van der Waals surface area contributed by atoms with Gasteiger partial charge in [0.05, 0.1) is 11.6 Å². The van der Waals surface area contributed by atoms with Crippen molar-refractivity contribution in [3.63, 3.8) is 0 Å². The summed E-state index contributed by atoms with van der Waals surface area (Å²) in [4.78, 5) is 4.32. The first-order chi connectivity index (χ1) is 8.56. The average Bonchev–Trinajstić information content (AvgIpc) is 2.79. The lowest BCUT2D eigenvalue weighted by Crippen LogP contribution is -2.21.